The summed E-state index contributed by atoms with van der Waals surface area (Å²) in [6.45, 7) is 1.54. The normalized spacial score (nSPS) is 12.2. The molecule has 2 heterocycles. The van der Waals surface area contributed by atoms with Crippen LogP contribution in [0.2, 0.25) is 0 Å². The molecule has 3 aromatic rings. The first-order valence-corrected chi connectivity index (χ1v) is 7.83. The minimum Gasteiger partial charge on any atom is -0.368 e. The Morgan fingerprint density at radius 3 is 2.43 bits per heavy atom. The van der Waals surface area contributed by atoms with Crippen molar-refractivity contribution >= 4 is 23.6 Å². The molecule has 1 aromatic carbocycles. The fourth-order valence-corrected chi connectivity index (χ4v) is 2.43. The Morgan fingerprint density at radius 1 is 1.14 bits per heavy atom. The van der Waals surface area contributed by atoms with Crippen LogP contribution in [0.15, 0.2) is 36.9 Å². The number of aryl methyl sites for hydroxylation is 1. The predicted octanol–water partition coefficient (Wildman–Crippen LogP) is 2.13. The minimum atomic E-state index is -4.49. The van der Waals surface area contributed by atoms with Crippen LogP contribution in [0.4, 0.5) is 19.1 Å². The topological polar surface area (TPSA) is 126 Å². The largest absolute Gasteiger partial charge is 0.416 e. The predicted molar refractivity (Wildman–Crippen MR) is 95.0 cm³/mol. The van der Waals surface area contributed by atoms with E-state index in [1.54, 1.807) is 6.92 Å². The number of anilines is 1. The zero-order chi connectivity index (χ0) is 20.5. The van der Waals surface area contributed by atoms with Gasteiger partial charge in [-0.3, -0.25) is 4.79 Å². The van der Waals surface area contributed by atoms with Crippen molar-refractivity contribution < 1.29 is 18.0 Å². The van der Waals surface area contributed by atoms with Gasteiger partial charge in [-0.2, -0.15) is 13.2 Å². The number of aromatic nitrogens is 5. The second-order valence-electron chi connectivity index (χ2n) is 5.87. The smallest absolute Gasteiger partial charge is 0.368 e. The minimum absolute atomic E-state index is 0.0236. The van der Waals surface area contributed by atoms with E-state index >= 15 is 0 Å². The van der Waals surface area contributed by atoms with Gasteiger partial charge < -0.3 is 11.5 Å². The number of carbonyl (C=O) groups excluding carboxylic acids is 1. The van der Waals surface area contributed by atoms with Gasteiger partial charge in [0.25, 0.3) is 5.91 Å². The first kappa shape index (κ1) is 19.0. The van der Waals surface area contributed by atoms with E-state index in [4.69, 9.17) is 11.5 Å². The van der Waals surface area contributed by atoms with Gasteiger partial charge in [0.05, 0.1) is 11.1 Å². The van der Waals surface area contributed by atoms with Gasteiger partial charge in [0.2, 0.25) is 5.95 Å². The molecular weight excluding hydrogens is 375 g/mol. The van der Waals surface area contributed by atoms with E-state index in [0.29, 0.717) is 11.1 Å². The van der Waals surface area contributed by atoms with Crippen molar-refractivity contribution in [3.8, 4) is 11.4 Å². The van der Waals surface area contributed by atoms with Crippen molar-refractivity contribution in [3.63, 3.8) is 0 Å². The number of halogens is 3. The molecule has 0 atom stereocenters. The highest BCUT2D eigenvalue weighted by Crippen LogP contribution is 2.32. The van der Waals surface area contributed by atoms with Gasteiger partial charge in [-0.15, -0.1) is 5.10 Å². The highest BCUT2D eigenvalue weighted by molar-refractivity contribution is 6.22. The third-order valence-corrected chi connectivity index (χ3v) is 3.68. The molecule has 0 unspecified atom stereocenters. The number of amides is 1. The van der Waals surface area contributed by atoms with Crippen LogP contribution < -0.4 is 11.5 Å². The van der Waals surface area contributed by atoms with Crippen LogP contribution in [0.3, 0.4) is 0 Å². The zero-order valence-electron chi connectivity index (χ0n) is 14.5. The highest BCUT2D eigenvalue weighted by Gasteiger charge is 2.31. The van der Waals surface area contributed by atoms with Crippen LogP contribution in [-0.2, 0) is 11.0 Å². The van der Waals surface area contributed by atoms with Crippen LogP contribution in [0.25, 0.3) is 23.2 Å². The molecule has 0 radical (unpaired) electrons. The molecule has 0 spiro atoms. The van der Waals surface area contributed by atoms with Crippen LogP contribution in [-0.4, -0.2) is 30.6 Å². The maximum absolute atomic E-state index is 13.0. The number of alkyl halides is 3. The van der Waals surface area contributed by atoms with Gasteiger partial charge in [-0.1, -0.05) is 0 Å². The van der Waals surface area contributed by atoms with Gasteiger partial charge >= 0.3 is 6.18 Å². The molecule has 0 bridgehead atoms. The standard InChI is InChI=1S/C17H14F3N7O/c1-9-2-10(4-12(3-9)17(18,19)20)15-25-8-27(26-15)7-13(14(21)28)11-5-23-16(22)24-6-11/h2-8H,1H3,(H2,21,28)(H2,22,23,24)/b13-7+. The molecule has 11 heteroatoms. The average molecular weight is 389 g/mol. The second kappa shape index (κ2) is 7.10. The molecule has 28 heavy (non-hydrogen) atoms. The molecule has 2 aromatic heterocycles. The number of rotatable bonds is 4. The summed E-state index contributed by atoms with van der Waals surface area (Å²) in [5.41, 5.74) is 10.9. The number of nitrogen functional groups attached to an aromatic ring is 1. The maximum atomic E-state index is 13.0. The van der Waals surface area contributed by atoms with Crippen molar-refractivity contribution in [1.82, 2.24) is 24.7 Å². The molecule has 0 saturated carbocycles. The summed E-state index contributed by atoms with van der Waals surface area (Å²) in [5.74, 6) is -0.696. The van der Waals surface area contributed by atoms with Gasteiger partial charge in [-0.25, -0.2) is 19.6 Å². The first-order chi connectivity index (χ1) is 13.1. The van der Waals surface area contributed by atoms with Crippen molar-refractivity contribution in [3.05, 3.63) is 53.6 Å². The number of hydrogen-bond acceptors (Lipinski definition) is 6. The summed E-state index contributed by atoms with van der Waals surface area (Å²) in [6.07, 6.45) is 0.650. The Labute approximate surface area is 156 Å². The molecule has 4 N–H and O–H groups in total. The van der Waals surface area contributed by atoms with E-state index in [1.807, 2.05) is 0 Å². The molecule has 3 rings (SSSR count). The van der Waals surface area contributed by atoms with Crippen molar-refractivity contribution in [2.24, 2.45) is 5.73 Å². The molecule has 0 aliphatic rings. The Hall–Kier alpha value is -3.76. The third-order valence-electron chi connectivity index (χ3n) is 3.68. The number of primary amides is 1. The van der Waals surface area contributed by atoms with E-state index in [0.717, 1.165) is 12.1 Å². The van der Waals surface area contributed by atoms with Crippen LogP contribution in [0.1, 0.15) is 16.7 Å². The van der Waals surface area contributed by atoms with E-state index < -0.39 is 17.6 Å². The summed E-state index contributed by atoms with van der Waals surface area (Å²) in [6, 6.07) is 3.52. The summed E-state index contributed by atoms with van der Waals surface area (Å²) >= 11 is 0. The first-order valence-electron chi connectivity index (χ1n) is 7.83. The van der Waals surface area contributed by atoms with Gasteiger partial charge in [0, 0.05) is 29.7 Å². The van der Waals surface area contributed by atoms with Crippen LogP contribution >= 0.6 is 0 Å². The summed E-state index contributed by atoms with van der Waals surface area (Å²) < 4.78 is 40.2. The molecule has 1 amide bonds. The maximum Gasteiger partial charge on any atom is 0.416 e. The third kappa shape index (κ3) is 4.14. The Balaban J connectivity index is 1.99. The molecule has 144 valence electrons. The molecule has 0 aliphatic heterocycles. The summed E-state index contributed by atoms with van der Waals surface area (Å²) in [5, 5.41) is 4.10. The Bertz CT molecular complexity index is 1060. The number of benzene rings is 1. The highest BCUT2D eigenvalue weighted by atomic mass is 19.4. The quantitative estimate of drug-likeness (QED) is 0.659. The number of nitrogens with two attached hydrogens (primary N) is 2. The molecule has 0 fully saturated rings. The fraction of sp³-hybridized carbons (Fsp3) is 0.118. The van der Waals surface area contributed by atoms with Gasteiger partial charge in [0.15, 0.2) is 5.82 Å². The van der Waals surface area contributed by atoms with Crippen molar-refractivity contribution in [1.29, 1.82) is 0 Å². The van der Waals surface area contributed by atoms with Crippen molar-refractivity contribution in [2.75, 3.05) is 5.73 Å². The summed E-state index contributed by atoms with van der Waals surface area (Å²) in [4.78, 5) is 23.3. The van der Waals surface area contributed by atoms with Crippen LogP contribution in [0, 0.1) is 6.92 Å². The Morgan fingerprint density at radius 2 is 1.82 bits per heavy atom. The van der Waals surface area contributed by atoms with E-state index in [1.165, 1.54) is 35.7 Å². The van der Waals surface area contributed by atoms with E-state index in [2.05, 4.69) is 20.1 Å². The molecular formula is C17H14F3N7O. The lowest BCUT2D eigenvalue weighted by atomic mass is 10.1. The SMILES string of the molecule is Cc1cc(-c2ncn(/C=C(/C(N)=O)c3cnc(N)nc3)n2)cc(C(F)(F)F)c1. The van der Waals surface area contributed by atoms with E-state index in [9.17, 15) is 18.0 Å². The second-order valence-corrected chi connectivity index (χ2v) is 5.87. The van der Waals surface area contributed by atoms with Gasteiger partial charge in [-0.05, 0) is 30.7 Å². The monoisotopic (exact) mass is 389 g/mol. The molecule has 0 saturated heterocycles. The summed E-state index contributed by atoms with van der Waals surface area (Å²) in [7, 11) is 0. The van der Waals surface area contributed by atoms with Crippen LogP contribution in [0.5, 0.6) is 0 Å². The Kier molecular flexibility index (Phi) is 4.82. The lowest BCUT2D eigenvalue weighted by Crippen LogP contribution is -2.14. The number of hydrogen-bond donors (Lipinski definition) is 2. The molecule has 0 aliphatic carbocycles. The van der Waals surface area contributed by atoms with Crippen molar-refractivity contribution in [2.45, 2.75) is 13.1 Å². The van der Waals surface area contributed by atoms with E-state index in [-0.39, 0.29) is 22.9 Å². The molecule has 8 nitrogen and oxygen atoms in total. The van der Waals surface area contributed by atoms with Gasteiger partial charge in [0.1, 0.15) is 6.33 Å². The average Bonchev–Trinajstić information content (AvgIpc) is 3.08. The lowest BCUT2D eigenvalue weighted by Gasteiger charge is -2.09. The number of nitrogens with zero attached hydrogens (tertiary/aromatic N) is 5. The number of carbonyl (C=O) groups is 1. The zero-order valence-corrected chi connectivity index (χ0v) is 14.5. The fourth-order valence-electron chi connectivity index (χ4n) is 2.43. The lowest BCUT2D eigenvalue weighted by molar-refractivity contribution is -0.137.